The molecule has 16 heavy (non-hydrogen) atoms. The highest BCUT2D eigenvalue weighted by atomic mass is 16.1. The molecular weight excluding hydrogens is 202 g/mol. The summed E-state index contributed by atoms with van der Waals surface area (Å²) in [7, 11) is 0. The van der Waals surface area contributed by atoms with Gasteiger partial charge in [-0.3, -0.25) is 4.79 Å². The summed E-state index contributed by atoms with van der Waals surface area (Å²) in [4.78, 5) is 13.3. The number of rotatable bonds is 6. The molecule has 1 saturated carbocycles. The van der Waals surface area contributed by atoms with E-state index in [1.807, 2.05) is 0 Å². The van der Waals surface area contributed by atoms with Crippen molar-refractivity contribution in [3.63, 3.8) is 0 Å². The van der Waals surface area contributed by atoms with E-state index < -0.39 is 0 Å². The van der Waals surface area contributed by atoms with E-state index in [0.717, 1.165) is 45.1 Å². The summed E-state index contributed by atoms with van der Waals surface area (Å²) < 4.78 is 0. The number of primary amides is 1. The molecule has 0 atom stereocenters. The number of carbonyl (C=O) groups excluding carboxylic acids is 1. The first kappa shape index (κ1) is 11.9. The van der Waals surface area contributed by atoms with Crippen molar-refractivity contribution in [3.05, 3.63) is 0 Å². The maximum absolute atomic E-state index is 10.8. The van der Waals surface area contributed by atoms with E-state index in [1.54, 1.807) is 0 Å². The van der Waals surface area contributed by atoms with Crippen LogP contribution in [-0.4, -0.2) is 43.0 Å². The first-order chi connectivity index (χ1) is 7.74. The fraction of sp³-hybridized carbons (Fsp3) is 0.917. The van der Waals surface area contributed by atoms with E-state index in [0.29, 0.717) is 12.3 Å². The normalized spacial score (nSPS) is 23.5. The Morgan fingerprint density at radius 3 is 2.50 bits per heavy atom. The van der Waals surface area contributed by atoms with Gasteiger partial charge in [0, 0.05) is 25.6 Å². The minimum absolute atomic E-state index is 0.145. The number of amides is 1. The minimum atomic E-state index is -0.145. The van der Waals surface area contributed by atoms with Crippen LogP contribution in [-0.2, 0) is 4.79 Å². The Labute approximate surface area is 97.6 Å². The van der Waals surface area contributed by atoms with Crippen LogP contribution in [0.15, 0.2) is 0 Å². The Balaban J connectivity index is 1.55. The number of nitrogens with two attached hydrogens (primary N) is 1. The van der Waals surface area contributed by atoms with Crippen molar-refractivity contribution >= 4 is 5.91 Å². The van der Waals surface area contributed by atoms with E-state index in [9.17, 15) is 4.79 Å². The van der Waals surface area contributed by atoms with Crippen molar-refractivity contribution in [1.82, 2.24) is 10.2 Å². The van der Waals surface area contributed by atoms with E-state index in [4.69, 9.17) is 5.73 Å². The topological polar surface area (TPSA) is 58.4 Å². The van der Waals surface area contributed by atoms with Gasteiger partial charge in [-0.05, 0) is 44.7 Å². The number of likely N-dealkylation sites (tertiary alicyclic amines) is 1. The summed E-state index contributed by atoms with van der Waals surface area (Å²) in [5.74, 6) is 0.388. The van der Waals surface area contributed by atoms with Gasteiger partial charge in [0.05, 0.1) is 0 Å². The summed E-state index contributed by atoms with van der Waals surface area (Å²) in [5.41, 5.74) is 5.22. The van der Waals surface area contributed by atoms with Gasteiger partial charge in [0.2, 0.25) is 5.91 Å². The Morgan fingerprint density at radius 1 is 1.25 bits per heavy atom. The number of hydrogen-bond acceptors (Lipinski definition) is 3. The molecule has 1 aliphatic heterocycles. The smallest absolute Gasteiger partial charge is 0.217 e. The van der Waals surface area contributed by atoms with Crippen molar-refractivity contribution in [2.24, 2.45) is 11.7 Å². The third kappa shape index (κ3) is 4.10. The van der Waals surface area contributed by atoms with Gasteiger partial charge in [0.25, 0.3) is 0 Å². The zero-order chi connectivity index (χ0) is 11.4. The fourth-order valence-electron chi connectivity index (χ4n) is 2.41. The van der Waals surface area contributed by atoms with Crippen LogP contribution in [0.2, 0.25) is 0 Å². The van der Waals surface area contributed by atoms with Crippen molar-refractivity contribution in [2.75, 3.05) is 26.2 Å². The second kappa shape index (κ2) is 5.64. The van der Waals surface area contributed by atoms with Crippen molar-refractivity contribution < 1.29 is 4.79 Å². The summed E-state index contributed by atoms with van der Waals surface area (Å²) in [5, 5.41) is 3.53. The van der Waals surface area contributed by atoms with Crippen LogP contribution < -0.4 is 11.1 Å². The molecule has 2 rings (SSSR count). The van der Waals surface area contributed by atoms with Crippen LogP contribution >= 0.6 is 0 Å². The van der Waals surface area contributed by atoms with Crippen LogP contribution in [0.4, 0.5) is 0 Å². The minimum Gasteiger partial charge on any atom is -0.370 e. The van der Waals surface area contributed by atoms with Crippen molar-refractivity contribution in [1.29, 1.82) is 0 Å². The zero-order valence-corrected chi connectivity index (χ0v) is 9.95. The lowest BCUT2D eigenvalue weighted by Crippen LogP contribution is -2.39. The first-order valence-corrected chi connectivity index (χ1v) is 6.48. The summed E-state index contributed by atoms with van der Waals surface area (Å²) >= 11 is 0. The number of nitrogens with zero attached hydrogens (tertiary/aromatic N) is 1. The molecule has 0 aromatic heterocycles. The molecule has 3 N–H and O–H groups in total. The summed E-state index contributed by atoms with van der Waals surface area (Å²) in [6.45, 7) is 4.53. The molecular formula is C12H23N3O. The number of piperidine rings is 1. The largest absolute Gasteiger partial charge is 0.370 e. The molecule has 0 aromatic rings. The highest BCUT2D eigenvalue weighted by Crippen LogP contribution is 2.20. The quantitative estimate of drug-likeness (QED) is 0.685. The maximum Gasteiger partial charge on any atom is 0.217 e. The summed E-state index contributed by atoms with van der Waals surface area (Å²) in [6.07, 6.45) is 5.56. The second-order valence-corrected chi connectivity index (χ2v) is 5.18. The molecule has 0 aromatic carbocycles. The van der Waals surface area contributed by atoms with Crippen LogP contribution in [0.3, 0.4) is 0 Å². The van der Waals surface area contributed by atoms with Gasteiger partial charge in [-0.1, -0.05) is 0 Å². The average molecular weight is 225 g/mol. The third-order valence-corrected chi connectivity index (χ3v) is 3.64. The molecule has 1 amide bonds. The Kier molecular flexibility index (Phi) is 4.18. The number of carbonyl (C=O) groups is 1. The monoisotopic (exact) mass is 225 g/mol. The third-order valence-electron chi connectivity index (χ3n) is 3.64. The number of hydrogen-bond donors (Lipinski definition) is 2. The molecule has 4 heteroatoms. The Bertz CT molecular complexity index is 232. The van der Waals surface area contributed by atoms with Gasteiger partial charge in [-0.2, -0.15) is 0 Å². The lowest BCUT2D eigenvalue weighted by Gasteiger charge is -2.31. The second-order valence-electron chi connectivity index (χ2n) is 5.18. The molecule has 4 nitrogen and oxygen atoms in total. The number of nitrogens with one attached hydrogen (secondary N) is 1. The lowest BCUT2D eigenvalue weighted by molar-refractivity contribution is -0.119. The SMILES string of the molecule is NC(=O)CC1CCN(CCNC2CC2)CC1. The maximum atomic E-state index is 10.8. The zero-order valence-electron chi connectivity index (χ0n) is 9.95. The highest BCUT2D eigenvalue weighted by Gasteiger charge is 2.22. The van der Waals surface area contributed by atoms with E-state index in [2.05, 4.69) is 10.2 Å². The summed E-state index contributed by atoms with van der Waals surface area (Å²) in [6, 6.07) is 0.812. The van der Waals surface area contributed by atoms with E-state index in [1.165, 1.54) is 12.8 Å². The van der Waals surface area contributed by atoms with Crippen molar-refractivity contribution in [3.8, 4) is 0 Å². The van der Waals surface area contributed by atoms with Crippen LogP contribution in [0.5, 0.6) is 0 Å². The molecule has 1 saturated heterocycles. The average Bonchev–Trinajstić information content (AvgIpc) is 3.04. The molecule has 1 heterocycles. The molecule has 1 aliphatic carbocycles. The molecule has 2 aliphatic rings. The Morgan fingerprint density at radius 2 is 1.94 bits per heavy atom. The van der Waals surface area contributed by atoms with Gasteiger partial charge in [-0.15, -0.1) is 0 Å². The van der Waals surface area contributed by atoms with Gasteiger partial charge in [0.1, 0.15) is 0 Å². The van der Waals surface area contributed by atoms with Crippen LogP contribution in [0, 0.1) is 5.92 Å². The molecule has 92 valence electrons. The van der Waals surface area contributed by atoms with Gasteiger partial charge >= 0.3 is 0 Å². The van der Waals surface area contributed by atoms with Gasteiger partial charge in [0.15, 0.2) is 0 Å². The molecule has 0 unspecified atom stereocenters. The van der Waals surface area contributed by atoms with Crippen LogP contribution in [0.25, 0.3) is 0 Å². The molecule has 0 spiro atoms. The molecule has 0 radical (unpaired) electrons. The van der Waals surface area contributed by atoms with E-state index in [-0.39, 0.29) is 5.91 Å². The molecule has 2 fully saturated rings. The predicted molar refractivity (Wildman–Crippen MR) is 64.0 cm³/mol. The van der Waals surface area contributed by atoms with Crippen molar-refractivity contribution in [2.45, 2.75) is 38.1 Å². The van der Waals surface area contributed by atoms with E-state index >= 15 is 0 Å². The highest BCUT2D eigenvalue weighted by molar-refractivity contribution is 5.73. The lowest BCUT2D eigenvalue weighted by atomic mass is 9.93. The van der Waals surface area contributed by atoms with Crippen LogP contribution in [0.1, 0.15) is 32.1 Å². The standard InChI is InChI=1S/C12H23N3O/c13-12(16)9-10-3-6-15(7-4-10)8-5-14-11-1-2-11/h10-11,14H,1-9H2,(H2,13,16). The predicted octanol–water partition coefficient (Wildman–Crippen LogP) is 0.326. The fourth-order valence-corrected chi connectivity index (χ4v) is 2.41. The van der Waals surface area contributed by atoms with Gasteiger partial charge in [-0.25, -0.2) is 0 Å². The molecule has 0 bridgehead atoms. The Hall–Kier alpha value is -0.610. The van der Waals surface area contributed by atoms with Gasteiger partial charge < -0.3 is 16.0 Å². The first-order valence-electron chi connectivity index (χ1n) is 6.48.